The number of Topliss-reactive ketones (excluding diaryl/α,β-unsaturated/α-hetero) is 1. The molecule has 0 aromatic carbocycles. The van der Waals surface area contributed by atoms with Gasteiger partial charge < -0.3 is 5.11 Å². The fourth-order valence-electron chi connectivity index (χ4n) is 2.75. The van der Waals surface area contributed by atoms with Gasteiger partial charge in [0.1, 0.15) is 6.10 Å². The van der Waals surface area contributed by atoms with Gasteiger partial charge in [-0.3, -0.25) is 9.48 Å². The average molecular weight is 264 g/mol. The molecular weight excluding hydrogens is 240 g/mol. The minimum Gasteiger partial charge on any atom is -0.385 e. The molecule has 106 valence electrons. The maximum Gasteiger partial charge on any atom is 0.167 e. The van der Waals surface area contributed by atoms with Crippen LogP contribution in [0.4, 0.5) is 0 Å². The first-order chi connectivity index (χ1) is 9.20. The molecular formula is C15H24N2O2. The number of hydrogen-bond donors (Lipinski definition) is 1. The van der Waals surface area contributed by atoms with Crippen molar-refractivity contribution in [3.05, 3.63) is 18.0 Å². The van der Waals surface area contributed by atoms with Crippen molar-refractivity contribution in [2.24, 2.45) is 0 Å². The molecule has 0 saturated heterocycles. The Kier molecular flexibility index (Phi) is 5.14. The molecule has 0 aliphatic heterocycles. The van der Waals surface area contributed by atoms with E-state index >= 15 is 0 Å². The summed E-state index contributed by atoms with van der Waals surface area (Å²) in [5.41, 5.74) is 0.783. The molecule has 1 N–H and O–H groups in total. The second-order valence-corrected chi connectivity index (χ2v) is 5.53. The molecule has 0 amide bonds. The molecule has 1 aromatic heterocycles. The number of aromatic nitrogens is 2. The Morgan fingerprint density at radius 1 is 1.47 bits per heavy atom. The third kappa shape index (κ3) is 3.90. The fraction of sp³-hybridized carbons (Fsp3) is 0.733. The predicted molar refractivity (Wildman–Crippen MR) is 74.0 cm³/mol. The van der Waals surface area contributed by atoms with Gasteiger partial charge in [0.2, 0.25) is 0 Å². The zero-order chi connectivity index (χ0) is 13.7. The molecule has 1 unspecified atom stereocenters. The van der Waals surface area contributed by atoms with Gasteiger partial charge in [-0.2, -0.15) is 5.10 Å². The summed E-state index contributed by atoms with van der Waals surface area (Å²) in [7, 11) is 0. The summed E-state index contributed by atoms with van der Waals surface area (Å²) in [6, 6.07) is 2.41. The van der Waals surface area contributed by atoms with Crippen LogP contribution >= 0.6 is 0 Å². The Balaban J connectivity index is 1.91. The Labute approximate surface area is 114 Å². The predicted octanol–water partition coefficient (Wildman–Crippen LogP) is 2.66. The van der Waals surface area contributed by atoms with Crippen LogP contribution < -0.4 is 0 Å². The number of rotatable bonds is 6. The molecule has 1 aliphatic carbocycles. The van der Waals surface area contributed by atoms with Crippen LogP contribution in [0.2, 0.25) is 0 Å². The molecule has 0 radical (unpaired) electrons. The third-order valence-electron chi connectivity index (χ3n) is 3.90. The lowest BCUT2D eigenvalue weighted by Gasteiger charge is -2.21. The first-order valence-electron chi connectivity index (χ1n) is 7.45. The van der Waals surface area contributed by atoms with E-state index in [0.717, 1.165) is 12.1 Å². The molecule has 1 aromatic rings. The molecule has 0 spiro atoms. The van der Waals surface area contributed by atoms with Gasteiger partial charge in [-0.15, -0.1) is 0 Å². The van der Waals surface area contributed by atoms with Crippen molar-refractivity contribution in [2.75, 3.05) is 0 Å². The molecule has 1 saturated carbocycles. The summed E-state index contributed by atoms with van der Waals surface area (Å²) in [5, 5.41) is 14.2. The number of aliphatic hydroxyl groups is 1. The van der Waals surface area contributed by atoms with E-state index in [1.807, 2.05) is 23.9 Å². The van der Waals surface area contributed by atoms with Gasteiger partial charge in [0.15, 0.2) is 5.78 Å². The van der Waals surface area contributed by atoms with Gasteiger partial charge in [0, 0.05) is 6.20 Å². The minimum absolute atomic E-state index is 0.115. The lowest BCUT2D eigenvalue weighted by atomic mass is 9.96. The summed E-state index contributed by atoms with van der Waals surface area (Å²) in [6.07, 6.45) is 9.01. The maximum absolute atomic E-state index is 11.8. The number of hydrogen-bond acceptors (Lipinski definition) is 3. The molecule has 2 rings (SSSR count). The molecule has 1 heterocycles. The highest BCUT2D eigenvalue weighted by atomic mass is 16.3. The van der Waals surface area contributed by atoms with E-state index in [4.69, 9.17) is 0 Å². The highest BCUT2D eigenvalue weighted by molar-refractivity contribution is 5.84. The molecule has 0 bridgehead atoms. The monoisotopic (exact) mass is 264 g/mol. The van der Waals surface area contributed by atoms with Gasteiger partial charge in [-0.1, -0.05) is 32.6 Å². The van der Waals surface area contributed by atoms with Crippen LogP contribution in [0.5, 0.6) is 0 Å². The van der Waals surface area contributed by atoms with Crippen LogP contribution in [0.3, 0.4) is 0 Å². The summed E-state index contributed by atoms with van der Waals surface area (Å²) >= 11 is 0. The first kappa shape index (κ1) is 14.3. The number of carbonyl (C=O) groups is 1. The molecule has 1 fully saturated rings. The van der Waals surface area contributed by atoms with Crippen molar-refractivity contribution in [2.45, 2.75) is 70.4 Å². The van der Waals surface area contributed by atoms with E-state index in [9.17, 15) is 9.90 Å². The molecule has 4 nitrogen and oxygen atoms in total. The quantitative estimate of drug-likeness (QED) is 0.859. The van der Waals surface area contributed by atoms with Gasteiger partial charge in [0.25, 0.3) is 0 Å². The lowest BCUT2D eigenvalue weighted by Crippen LogP contribution is -2.22. The van der Waals surface area contributed by atoms with Crippen molar-refractivity contribution < 1.29 is 9.90 Å². The van der Waals surface area contributed by atoms with Crippen LogP contribution in [-0.2, 0) is 11.2 Å². The lowest BCUT2D eigenvalue weighted by molar-refractivity contribution is -0.126. The third-order valence-corrected chi connectivity index (χ3v) is 3.90. The van der Waals surface area contributed by atoms with Gasteiger partial charge >= 0.3 is 0 Å². The molecule has 19 heavy (non-hydrogen) atoms. The number of nitrogens with zero attached hydrogens (tertiary/aromatic N) is 2. The normalized spacial score (nSPS) is 18.4. The maximum atomic E-state index is 11.8. The smallest absolute Gasteiger partial charge is 0.167 e. The second-order valence-electron chi connectivity index (χ2n) is 5.53. The summed E-state index contributed by atoms with van der Waals surface area (Å²) in [6.45, 7) is 1.97. The van der Waals surface area contributed by atoms with Crippen molar-refractivity contribution in [3.63, 3.8) is 0 Å². The Morgan fingerprint density at radius 2 is 2.21 bits per heavy atom. The number of ketones is 1. The SMILES string of the molecule is CCCC(O)C(=O)Cc1ccn(C2CCCCC2)n1. The highest BCUT2D eigenvalue weighted by Crippen LogP contribution is 2.27. The Hall–Kier alpha value is -1.16. The number of aliphatic hydroxyl groups excluding tert-OH is 1. The van der Waals surface area contributed by atoms with Crippen molar-refractivity contribution in [1.82, 2.24) is 9.78 Å². The van der Waals surface area contributed by atoms with Crippen LogP contribution in [0.1, 0.15) is 63.6 Å². The molecule has 1 aliphatic rings. The fourth-order valence-corrected chi connectivity index (χ4v) is 2.75. The van der Waals surface area contributed by atoms with E-state index < -0.39 is 6.10 Å². The molecule has 1 atom stereocenters. The van der Waals surface area contributed by atoms with E-state index in [0.29, 0.717) is 12.5 Å². The van der Waals surface area contributed by atoms with Crippen LogP contribution in [0, 0.1) is 0 Å². The molecule has 4 heteroatoms. The van der Waals surface area contributed by atoms with Crippen LogP contribution in [0.15, 0.2) is 12.3 Å². The van der Waals surface area contributed by atoms with E-state index in [2.05, 4.69) is 5.10 Å². The van der Waals surface area contributed by atoms with Crippen molar-refractivity contribution >= 4 is 5.78 Å². The highest BCUT2D eigenvalue weighted by Gasteiger charge is 2.18. The first-order valence-corrected chi connectivity index (χ1v) is 7.45. The summed E-state index contributed by atoms with van der Waals surface area (Å²) in [5.74, 6) is -0.115. The minimum atomic E-state index is -0.829. The van der Waals surface area contributed by atoms with Crippen molar-refractivity contribution in [3.8, 4) is 0 Å². The van der Waals surface area contributed by atoms with Gasteiger partial charge in [-0.25, -0.2) is 0 Å². The topological polar surface area (TPSA) is 55.1 Å². The average Bonchev–Trinajstić information content (AvgIpc) is 2.88. The standard InChI is InChI=1S/C15H24N2O2/c1-2-6-14(18)15(19)11-12-9-10-17(16-12)13-7-4-3-5-8-13/h9-10,13-14,18H,2-8,11H2,1H3. The van der Waals surface area contributed by atoms with E-state index in [1.165, 1.54) is 32.1 Å². The van der Waals surface area contributed by atoms with E-state index in [1.54, 1.807) is 0 Å². The van der Waals surface area contributed by atoms with E-state index in [-0.39, 0.29) is 12.2 Å². The van der Waals surface area contributed by atoms with Crippen LogP contribution in [-0.4, -0.2) is 26.8 Å². The van der Waals surface area contributed by atoms with Crippen LogP contribution in [0.25, 0.3) is 0 Å². The van der Waals surface area contributed by atoms with Crippen molar-refractivity contribution in [1.29, 1.82) is 0 Å². The number of carbonyl (C=O) groups excluding carboxylic acids is 1. The zero-order valence-electron chi connectivity index (χ0n) is 11.7. The second kappa shape index (κ2) is 6.85. The summed E-state index contributed by atoms with van der Waals surface area (Å²) < 4.78 is 2.01. The van der Waals surface area contributed by atoms with Gasteiger partial charge in [0.05, 0.1) is 18.2 Å². The largest absolute Gasteiger partial charge is 0.385 e. The zero-order valence-corrected chi connectivity index (χ0v) is 11.7. The Morgan fingerprint density at radius 3 is 2.89 bits per heavy atom. The van der Waals surface area contributed by atoms with Gasteiger partial charge in [-0.05, 0) is 25.3 Å². The summed E-state index contributed by atoms with van der Waals surface area (Å²) in [4.78, 5) is 11.8. The Bertz CT molecular complexity index is 408.